The van der Waals surface area contributed by atoms with Crippen LogP contribution in [0.5, 0.6) is 5.75 Å². The molecule has 5 nitrogen and oxygen atoms in total. The lowest BCUT2D eigenvalue weighted by atomic mass is 10.2. The van der Waals surface area contributed by atoms with Crippen molar-refractivity contribution < 1.29 is 19.1 Å². The molecule has 0 unspecified atom stereocenters. The normalized spacial score (nSPS) is 10.2. The van der Waals surface area contributed by atoms with Gasteiger partial charge in [0.05, 0.1) is 22.7 Å². The number of halogens is 3. The van der Waals surface area contributed by atoms with E-state index >= 15 is 0 Å². The maximum Gasteiger partial charge on any atom is 0.338 e. The van der Waals surface area contributed by atoms with Crippen LogP contribution in [0.4, 0.5) is 5.69 Å². The summed E-state index contributed by atoms with van der Waals surface area (Å²) < 4.78 is 9.93. The van der Waals surface area contributed by atoms with Crippen LogP contribution >= 0.6 is 34.8 Å². The summed E-state index contributed by atoms with van der Waals surface area (Å²) in [6, 6.07) is 9.22. The number of anilines is 1. The van der Waals surface area contributed by atoms with Crippen molar-refractivity contribution in [1.82, 2.24) is 0 Å². The van der Waals surface area contributed by atoms with Crippen molar-refractivity contribution in [3.8, 4) is 5.75 Å². The van der Waals surface area contributed by atoms with Crippen LogP contribution in [0.25, 0.3) is 0 Å². The summed E-state index contributed by atoms with van der Waals surface area (Å²) in [4.78, 5) is 23.7. The van der Waals surface area contributed by atoms with E-state index in [1.807, 2.05) is 0 Å². The minimum atomic E-state index is -0.729. The van der Waals surface area contributed by atoms with Crippen molar-refractivity contribution >= 4 is 52.4 Å². The zero-order valence-electron chi connectivity index (χ0n) is 12.4. The Bertz CT molecular complexity index is 739. The van der Waals surface area contributed by atoms with Gasteiger partial charge in [0.2, 0.25) is 0 Å². The van der Waals surface area contributed by atoms with Crippen molar-refractivity contribution in [3.05, 3.63) is 57.0 Å². The van der Waals surface area contributed by atoms with Gasteiger partial charge in [0.25, 0.3) is 5.91 Å². The van der Waals surface area contributed by atoms with E-state index in [1.165, 1.54) is 19.2 Å². The fourth-order valence-electron chi connectivity index (χ4n) is 1.82. The quantitative estimate of drug-likeness (QED) is 0.769. The van der Waals surface area contributed by atoms with E-state index in [9.17, 15) is 9.59 Å². The molecule has 0 aliphatic heterocycles. The zero-order valence-corrected chi connectivity index (χ0v) is 14.7. The third-order valence-corrected chi connectivity index (χ3v) is 3.71. The van der Waals surface area contributed by atoms with E-state index in [4.69, 9.17) is 44.3 Å². The molecule has 126 valence electrons. The van der Waals surface area contributed by atoms with Gasteiger partial charge < -0.3 is 14.8 Å². The highest BCUT2D eigenvalue weighted by atomic mass is 35.5. The van der Waals surface area contributed by atoms with Crippen LogP contribution in [0.15, 0.2) is 36.4 Å². The van der Waals surface area contributed by atoms with Gasteiger partial charge in [-0.25, -0.2) is 4.79 Å². The molecule has 0 aromatic heterocycles. The van der Waals surface area contributed by atoms with Gasteiger partial charge >= 0.3 is 5.97 Å². The van der Waals surface area contributed by atoms with E-state index in [-0.39, 0.29) is 21.4 Å². The highest BCUT2D eigenvalue weighted by Crippen LogP contribution is 2.33. The minimum Gasteiger partial charge on any atom is -0.494 e. The molecule has 0 aliphatic carbocycles. The number of esters is 1. The van der Waals surface area contributed by atoms with Crippen molar-refractivity contribution in [3.63, 3.8) is 0 Å². The third-order valence-electron chi connectivity index (χ3n) is 2.90. The molecule has 0 bridgehead atoms. The standard InChI is InChI=1S/C16H12Cl3NO4/c1-23-15-12(18)6-9(7-13(15)19)16(22)24-8-14(21)20-11-4-2-10(17)3-5-11/h2-7H,8H2,1H3,(H,20,21). The Hall–Kier alpha value is -1.95. The largest absolute Gasteiger partial charge is 0.494 e. The maximum absolute atomic E-state index is 12.0. The van der Waals surface area contributed by atoms with E-state index in [1.54, 1.807) is 24.3 Å². The van der Waals surface area contributed by atoms with Gasteiger partial charge in [0.1, 0.15) is 0 Å². The second-order valence-electron chi connectivity index (χ2n) is 4.60. The summed E-state index contributed by atoms with van der Waals surface area (Å²) in [6.07, 6.45) is 0. The van der Waals surface area contributed by atoms with Crippen molar-refractivity contribution in [1.29, 1.82) is 0 Å². The Morgan fingerprint density at radius 3 is 2.17 bits per heavy atom. The SMILES string of the molecule is COc1c(Cl)cc(C(=O)OCC(=O)Nc2ccc(Cl)cc2)cc1Cl. The Morgan fingerprint density at radius 2 is 1.62 bits per heavy atom. The first-order valence-corrected chi connectivity index (χ1v) is 7.79. The van der Waals surface area contributed by atoms with Gasteiger partial charge in [-0.3, -0.25) is 4.79 Å². The molecule has 0 aliphatic rings. The van der Waals surface area contributed by atoms with E-state index in [0.717, 1.165) is 0 Å². The van der Waals surface area contributed by atoms with Crippen LogP contribution in [0, 0.1) is 0 Å². The predicted octanol–water partition coefficient (Wildman–Crippen LogP) is 4.45. The number of carbonyl (C=O) groups excluding carboxylic acids is 2. The lowest BCUT2D eigenvalue weighted by Gasteiger charge is -2.09. The van der Waals surface area contributed by atoms with Crippen LogP contribution in [0.3, 0.4) is 0 Å². The fourth-order valence-corrected chi connectivity index (χ4v) is 2.58. The number of hydrogen-bond acceptors (Lipinski definition) is 4. The Kier molecular flexibility index (Phi) is 6.31. The Morgan fingerprint density at radius 1 is 1.04 bits per heavy atom. The molecule has 1 N–H and O–H groups in total. The summed E-state index contributed by atoms with van der Waals surface area (Å²) >= 11 is 17.7. The molecule has 2 aromatic rings. The summed E-state index contributed by atoms with van der Waals surface area (Å²) in [5.41, 5.74) is 0.654. The first-order chi connectivity index (χ1) is 11.4. The van der Waals surface area contributed by atoms with Crippen molar-refractivity contribution in [2.75, 3.05) is 19.0 Å². The Balaban J connectivity index is 1.95. The molecule has 0 saturated heterocycles. The van der Waals surface area contributed by atoms with Crippen LogP contribution in [-0.2, 0) is 9.53 Å². The maximum atomic E-state index is 12.0. The van der Waals surface area contributed by atoms with E-state index in [2.05, 4.69) is 5.32 Å². The molecule has 0 fully saturated rings. The predicted molar refractivity (Wildman–Crippen MR) is 93.4 cm³/mol. The summed E-state index contributed by atoms with van der Waals surface area (Å²) in [6.45, 7) is -0.456. The van der Waals surface area contributed by atoms with Gasteiger partial charge in [-0.05, 0) is 36.4 Å². The van der Waals surface area contributed by atoms with Crippen LogP contribution < -0.4 is 10.1 Å². The summed E-state index contributed by atoms with van der Waals surface area (Å²) in [5, 5.41) is 3.46. The first-order valence-electron chi connectivity index (χ1n) is 6.66. The smallest absolute Gasteiger partial charge is 0.338 e. The number of nitrogens with one attached hydrogen (secondary N) is 1. The molecule has 1 amide bonds. The first kappa shape index (κ1) is 18.4. The Labute approximate surface area is 153 Å². The van der Waals surface area contributed by atoms with Gasteiger partial charge in [-0.15, -0.1) is 0 Å². The summed E-state index contributed by atoms with van der Waals surface area (Å²) in [7, 11) is 1.41. The van der Waals surface area contributed by atoms with Gasteiger partial charge in [0, 0.05) is 10.7 Å². The van der Waals surface area contributed by atoms with E-state index < -0.39 is 18.5 Å². The number of benzene rings is 2. The molecular weight excluding hydrogens is 377 g/mol. The van der Waals surface area contributed by atoms with Crippen LogP contribution in [0.2, 0.25) is 15.1 Å². The lowest BCUT2D eigenvalue weighted by Crippen LogP contribution is -2.20. The number of rotatable bonds is 5. The average Bonchev–Trinajstić information content (AvgIpc) is 2.54. The molecular formula is C16H12Cl3NO4. The van der Waals surface area contributed by atoms with Gasteiger partial charge in [0.15, 0.2) is 12.4 Å². The van der Waals surface area contributed by atoms with Gasteiger partial charge in [-0.2, -0.15) is 0 Å². The highest BCUT2D eigenvalue weighted by molar-refractivity contribution is 6.37. The number of hydrogen-bond donors (Lipinski definition) is 1. The van der Waals surface area contributed by atoms with Crippen LogP contribution in [0.1, 0.15) is 10.4 Å². The lowest BCUT2D eigenvalue weighted by molar-refractivity contribution is -0.119. The topological polar surface area (TPSA) is 64.6 Å². The molecule has 0 atom stereocenters. The molecule has 0 radical (unpaired) electrons. The number of amides is 1. The number of ether oxygens (including phenoxy) is 2. The van der Waals surface area contributed by atoms with E-state index in [0.29, 0.717) is 10.7 Å². The second-order valence-corrected chi connectivity index (χ2v) is 5.86. The molecule has 0 heterocycles. The second kappa shape index (κ2) is 8.24. The monoisotopic (exact) mass is 387 g/mol. The minimum absolute atomic E-state index is 0.116. The van der Waals surface area contributed by atoms with Crippen LogP contribution in [-0.4, -0.2) is 25.6 Å². The summed E-state index contributed by atoms with van der Waals surface area (Å²) in [5.74, 6) is -0.959. The van der Waals surface area contributed by atoms with Gasteiger partial charge in [-0.1, -0.05) is 34.8 Å². The average molecular weight is 389 g/mol. The number of carbonyl (C=O) groups is 2. The molecule has 0 spiro atoms. The fraction of sp³-hybridized carbons (Fsp3) is 0.125. The van der Waals surface area contributed by atoms with Crippen molar-refractivity contribution in [2.24, 2.45) is 0 Å². The molecule has 24 heavy (non-hydrogen) atoms. The molecule has 8 heteroatoms. The molecule has 2 aromatic carbocycles. The number of methoxy groups -OCH3 is 1. The molecule has 0 saturated carbocycles. The highest BCUT2D eigenvalue weighted by Gasteiger charge is 2.15. The zero-order chi connectivity index (χ0) is 17.7. The van der Waals surface area contributed by atoms with Crippen molar-refractivity contribution in [2.45, 2.75) is 0 Å². The third kappa shape index (κ3) is 4.77. The molecule has 2 rings (SSSR count).